The van der Waals surface area contributed by atoms with E-state index in [-0.39, 0.29) is 28.1 Å². The SMILES string of the molecule is BrCc1ccc(-c2ccccc2)cc1.CO.Nc1cccc(OCc2ccc(-c3ccccc3)cc2)c1.O.O.O=[N+]([O-])c1cccc(O)c1.O=[N+]([O-])c1cccc(OCc2ccc(-c3ccccc3)cc2)c1.[Cl][Sn][Cl]. The summed E-state index contributed by atoms with van der Waals surface area (Å²) in [7, 11) is 10.9. The molecule has 17 heteroatoms. The zero-order valence-electron chi connectivity index (χ0n) is 40.6. The second kappa shape index (κ2) is 36.6. The van der Waals surface area contributed by atoms with Crippen LogP contribution in [0, 0.1) is 20.2 Å². The van der Waals surface area contributed by atoms with Crippen molar-refractivity contribution in [1.29, 1.82) is 0 Å². The van der Waals surface area contributed by atoms with Crippen LogP contribution in [0.5, 0.6) is 17.2 Å². The summed E-state index contributed by atoms with van der Waals surface area (Å²) >= 11 is 2.61. The Morgan fingerprint density at radius 3 is 1.12 bits per heavy atom. The van der Waals surface area contributed by atoms with Crippen molar-refractivity contribution in [1.82, 2.24) is 0 Å². The molecule has 0 amide bonds. The molecule has 0 aliphatic carbocycles. The Labute approximate surface area is 462 Å². The van der Waals surface area contributed by atoms with Crippen LogP contribution in [0.3, 0.4) is 0 Å². The molecule has 388 valence electrons. The summed E-state index contributed by atoms with van der Waals surface area (Å²) in [5, 5.41) is 37.5. The topological polar surface area (TPSA) is 234 Å². The predicted octanol–water partition coefficient (Wildman–Crippen LogP) is 13.9. The number of aromatic hydroxyl groups is 1. The number of nitro groups is 2. The molecule has 0 aliphatic rings. The molecule has 2 radical (unpaired) electrons. The van der Waals surface area contributed by atoms with Crippen LogP contribution in [0.25, 0.3) is 33.4 Å². The Balaban J connectivity index is 0.000000341. The number of aliphatic hydroxyl groups is 1. The molecule has 0 spiro atoms. The summed E-state index contributed by atoms with van der Waals surface area (Å²) in [4.78, 5) is 19.8. The normalized spacial score (nSPS) is 9.45. The van der Waals surface area contributed by atoms with Gasteiger partial charge in [0.1, 0.15) is 30.5 Å². The van der Waals surface area contributed by atoms with Crippen molar-refractivity contribution in [2.45, 2.75) is 18.5 Å². The fourth-order valence-electron chi connectivity index (χ4n) is 6.50. The molecule has 0 aliphatic heterocycles. The zero-order valence-corrected chi connectivity index (χ0v) is 46.5. The molecular weight excluding hydrogens is 1170 g/mol. The summed E-state index contributed by atoms with van der Waals surface area (Å²) in [5.74, 6) is 1.20. The van der Waals surface area contributed by atoms with Crippen molar-refractivity contribution < 1.29 is 40.5 Å². The molecule has 9 aromatic rings. The molecule has 0 fully saturated rings. The van der Waals surface area contributed by atoms with Crippen molar-refractivity contribution >= 4 is 69.7 Å². The van der Waals surface area contributed by atoms with E-state index in [2.05, 4.69) is 113 Å². The van der Waals surface area contributed by atoms with Gasteiger partial charge in [-0.15, -0.1) is 0 Å². The standard InChI is InChI=1S/C19H15NO3.C19H17NO.C13H11Br.C6H5NO3.CH4O.2ClH.2H2O.Sn/c21-20(22)18-7-4-8-19(13-18)23-14-15-9-11-17(12-10-15)16-5-2-1-3-6-16;20-18-7-4-8-19(13-18)21-14-15-9-11-17(12-10-15)16-5-2-1-3-6-16;14-10-11-6-8-13(9-7-11)12-4-2-1-3-5-12;8-6-3-1-2-5(4-6)7(9)10;1-2;;;;;/h1-13H,14H2;1-13H,14,20H2;1-9H,10H2;1-4,8H;2H,1H3;2*1H;2*1H2;/q;;;;;;;;;+2/p-2. The first-order valence-electron chi connectivity index (χ1n) is 22.2. The number of halogens is 3. The Morgan fingerprint density at radius 2 is 0.787 bits per heavy atom. The van der Waals surface area contributed by atoms with E-state index in [0.717, 1.165) is 40.9 Å². The number of phenolic OH excluding ortho intramolecular Hbond substituents is 1. The van der Waals surface area contributed by atoms with Crippen LogP contribution in [-0.2, 0) is 18.5 Å². The van der Waals surface area contributed by atoms with Gasteiger partial charge in [-0.05, 0) is 74.3 Å². The number of hydrogen-bond acceptors (Lipinski definition) is 9. The molecule has 0 atom stereocenters. The van der Waals surface area contributed by atoms with Gasteiger partial charge in [0.05, 0.1) is 22.0 Å². The van der Waals surface area contributed by atoms with Crippen molar-refractivity contribution in [2.75, 3.05) is 12.8 Å². The third kappa shape index (κ3) is 23.6. The minimum absolute atomic E-state index is 0. The Morgan fingerprint density at radius 1 is 0.467 bits per heavy atom. The average molecular weight is 1220 g/mol. The molecule has 13 nitrogen and oxygen atoms in total. The van der Waals surface area contributed by atoms with Gasteiger partial charge in [-0.3, -0.25) is 20.2 Å². The first kappa shape index (κ1) is 63.8. The van der Waals surface area contributed by atoms with E-state index in [4.69, 9.17) is 43.3 Å². The van der Waals surface area contributed by atoms with Crippen molar-refractivity contribution in [3.8, 4) is 50.6 Å². The number of ether oxygens (including phenoxy) is 2. The molecule has 9 rings (SSSR count). The van der Waals surface area contributed by atoms with Crippen LogP contribution < -0.4 is 15.2 Å². The molecule has 0 heterocycles. The number of non-ortho nitro benzene ring substituents is 2. The van der Waals surface area contributed by atoms with Crippen LogP contribution in [0.1, 0.15) is 16.7 Å². The molecule has 9 aromatic carbocycles. The van der Waals surface area contributed by atoms with Crippen LogP contribution in [0.2, 0.25) is 0 Å². The summed E-state index contributed by atoms with van der Waals surface area (Å²) in [6.45, 7) is 0.911. The monoisotopic (exact) mass is 1220 g/mol. The van der Waals surface area contributed by atoms with Crippen LogP contribution in [0.4, 0.5) is 17.1 Å². The summed E-state index contributed by atoms with van der Waals surface area (Å²) < 4.78 is 11.4. The third-order valence-electron chi connectivity index (χ3n) is 10.1. The van der Waals surface area contributed by atoms with Gasteiger partial charge in [-0.1, -0.05) is 198 Å². The Bertz CT molecular complexity index is 2990. The van der Waals surface area contributed by atoms with Crippen LogP contribution >= 0.6 is 33.8 Å². The van der Waals surface area contributed by atoms with Gasteiger partial charge in [-0.25, -0.2) is 0 Å². The fourth-order valence-corrected chi connectivity index (χ4v) is 6.87. The second-order valence-electron chi connectivity index (χ2n) is 15.1. The van der Waals surface area contributed by atoms with E-state index in [0.29, 0.717) is 24.7 Å². The van der Waals surface area contributed by atoms with Crippen molar-refractivity contribution in [3.63, 3.8) is 0 Å². The third-order valence-corrected chi connectivity index (χ3v) is 10.7. The molecule has 0 unspecified atom stereocenters. The minimum atomic E-state index is -0.826. The zero-order chi connectivity index (χ0) is 52.6. The van der Waals surface area contributed by atoms with Gasteiger partial charge >= 0.3 is 36.7 Å². The van der Waals surface area contributed by atoms with E-state index in [9.17, 15) is 20.2 Å². The molecule has 75 heavy (non-hydrogen) atoms. The molecule has 8 N–H and O–H groups in total. The van der Waals surface area contributed by atoms with E-state index < -0.39 is 28.7 Å². The Hall–Kier alpha value is -7.28. The van der Waals surface area contributed by atoms with Gasteiger partial charge < -0.3 is 36.4 Å². The maximum absolute atomic E-state index is 10.7. The van der Waals surface area contributed by atoms with E-state index in [1.54, 1.807) is 12.1 Å². The fraction of sp³-hybridized carbons (Fsp3) is 0.0690. The number of benzene rings is 9. The number of rotatable bonds is 12. The number of alkyl halides is 1. The number of nitrogens with zero attached hydrogens (tertiary/aromatic N) is 2. The second-order valence-corrected chi connectivity index (χ2v) is 19.9. The summed E-state index contributed by atoms with van der Waals surface area (Å²) in [6, 6.07) is 74.9. The number of hydrogen-bond donors (Lipinski definition) is 3. The quantitative estimate of drug-likeness (QED) is 0.0346. The number of nitrogens with two attached hydrogens (primary N) is 1. The number of nitrogen functional groups attached to an aromatic ring is 1. The van der Waals surface area contributed by atoms with Gasteiger partial charge in [0.15, 0.2) is 0 Å². The van der Waals surface area contributed by atoms with Gasteiger partial charge in [0.2, 0.25) is 0 Å². The Kier molecular flexibility index (Phi) is 31.2. The molecule has 0 saturated heterocycles. The van der Waals surface area contributed by atoms with Crippen LogP contribution in [-0.4, -0.2) is 57.0 Å². The van der Waals surface area contributed by atoms with E-state index >= 15 is 0 Å². The maximum atomic E-state index is 10.7. The number of anilines is 1. The molecular formula is C58H56BrCl2N3O10Sn. The van der Waals surface area contributed by atoms with Gasteiger partial charge in [0.25, 0.3) is 11.4 Å². The molecule has 0 saturated carbocycles. The van der Waals surface area contributed by atoms with Crippen LogP contribution in [0.15, 0.2) is 237 Å². The summed E-state index contributed by atoms with van der Waals surface area (Å²) in [6.07, 6.45) is 0. The number of nitro benzene ring substituents is 2. The van der Waals surface area contributed by atoms with E-state index in [1.807, 2.05) is 91.0 Å². The van der Waals surface area contributed by atoms with Gasteiger partial charge in [0, 0.05) is 36.3 Å². The first-order valence-corrected chi connectivity index (χ1v) is 30.6. The van der Waals surface area contributed by atoms with Gasteiger partial charge in [-0.2, -0.15) is 0 Å². The van der Waals surface area contributed by atoms with E-state index in [1.165, 1.54) is 63.7 Å². The molecule has 0 aromatic heterocycles. The van der Waals surface area contributed by atoms with Crippen molar-refractivity contribution in [3.05, 3.63) is 274 Å². The number of aliphatic hydroxyl groups excluding tert-OH is 1. The summed E-state index contributed by atoms with van der Waals surface area (Å²) in [5.41, 5.74) is 17.1. The number of phenols is 1. The van der Waals surface area contributed by atoms with Crippen molar-refractivity contribution in [2.24, 2.45) is 0 Å². The average Bonchev–Trinajstić information content (AvgIpc) is 3.44. The molecule has 0 bridgehead atoms. The predicted molar refractivity (Wildman–Crippen MR) is 308 cm³/mol. The first-order chi connectivity index (χ1) is 35.5.